The molecule has 2 rings (SSSR count). The van der Waals surface area contributed by atoms with Crippen LogP contribution in [0.15, 0.2) is 0 Å². The summed E-state index contributed by atoms with van der Waals surface area (Å²) in [5.74, 6) is 0.575. The highest BCUT2D eigenvalue weighted by molar-refractivity contribution is 5.67. The van der Waals surface area contributed by atoms with Crippen LogP contribution in [0.4, 0.5) is 0 Å². The first-order chi connectivity index (χ1) is 6.73. The van der Waals surface area contributed by atoms with Crippen LogP contribution in [0.25, 0.3) is 0 Å². The molecule has 0 aromatic carbocycles. The van der Waals surface area contributed by atoms with Crippen molar-refractivity contribution in [3.8, 4) is 0 Å². The van der Waals surface area contributed by atoms with Crippen molar-refractivity contribution in [2.75, 3.05) is 0 Å². The normalized spacial score (nSPS) is 46.9. The van der Waals surface area contributed by atoms with Gasteiger partial charge in [0.25, 0.3) is 0 Å². The standard InChI is InChI=1S/C13H22O2/c1-9(14)15-13(5)11(2,3)10-6-7-12(13,4)8-10/h10H,6-8H2,1-5H3. The van der Waals surface area contributed by atoms with E-state index in [1.165, 1.54) is 26.2 Å². The number of ether oxygens (including phenoxy) is 1. The average molecular weight is 210 g/mol. The molecule has 3 atom stereocenters. The van der Waals surface area contributed by atoms with Crippen molar-refractivity contribution in [3.05, 3.63) is 0 Å². The fourth-order valence-electron chi connectivity index (χ4n) is 4.00. The lowest BCUT2D eigenvalue weighted by molar-refractivity contribution is -0.190. The maximum absolute atomic E-state index is 11.3. The predicted molar refractivity (Wildman–Crippen MR) is 59.4 cm³/mol. The van der Waals surface area contributed by atoms with E-state index in [1.807, 2.05) is 0 Å². The Bertz CT molecular complexity index is 301. The van der Waals surface area contributed by atoms with Crippen LogP contribution in [0, 0.1) is 16.7 Å². The SMILES string of the molecule is CC(=O)OC1(C)C2(C)CCC(C2)C1(C)C. The van der Waals surface area contributed by atoms with Gasteiger partial charge in [-0.2, -0.15) is 0 Å². The monoisotopic (exact) mass is 210 g/mol. The molecule has 86 valence electrons. The van der Waals surface area contributed by atoms with Crippen molar-refractivity contribution in [1.29, 1.82) is 0 Å². The summed E-state index contributed by atoms with van der Waals surface area (Å²) in [4.78, 5) is 11.3. The highest BCUT2D eigenvalue weighted by Gasteiger charge is 2.68. The van der Waals surface area contributed by atoms with Gasteiger partial charge >= 0.3 is 5.97 Å². The van der Waals surface area contributed by atoms with Crippen molar-refractivity contribution in [1.82, 2.24) is 0 Å². The first-order valence-electron chi connectivity index (χ1n) is 5.92. The summed E-state index contributed by atoms with van der Waals surface area (Å²) in [5.41, 5.74) is 0.0211. The van der Waals surface area contributed by atoms with Gasteiger partial charge in [-0.05, 0) is 32.1 Å². The number of carbonyl (C=O) groups is 1. The van der Waals surface area contributed by atoms with Crippen LogP contribution in [-0.4, -0.2) is 11.6 Å². The number of carbonyl (C=O) groups excluding carboxylic acids is 1. The molecule has 15 heavy (non-hydrogen) atoms. The minimum Gasteiger partial charge on any atom is -0.458 e. The minimum atomic E-state index is -0.283. The molecular formula is C13H22O2. The van der Waals surface area contributed by atoms with Gasteiger partial charge in [-0.1, -0.05) is 20.8 Å². The Morgan fingerprint density at radius 1 is 1.27 bits per heavy atom. The topological polar surface area (TPSA) is 26.3 Å². The smallest absolute Gasteiger partial charge is 0.303 e. The Hall–Kier alpha value is -0.530. The molecule has 2 nitrogen and oxygen atoms in total. The number of rotatable bonds is 1. The van der Waals surface area contributed by atoms with E-state index >= 15 is 0 Å². The maximum atomic E-state index is 11.3. The van der Waals surface area contributed by atoms with Crippen LogP contribution in [0.1, 0.15) is 53.9 Å². The van der Waals surface area contributed by atoms with Crippen LogP contribution in [0.2, 0.25) is 0 Å². The number of hydrogen-bond donors (Lipinski definition) is 0. The van der Waals surface area contributed by atoms with E-state index in [1.54, 1.807) is 0 Å². The second-order valence-corrected chi connectivity index (χ2v) is 6.35. The molecule has 2 bridgehead atoms. The van der Waals surface area contributed by atoms with Gasteiger partial charge in [0.05, 0.1) is 0 Å². The lowest BCUT2D eigenvalue weighted by Gasteiger charge is -2.50. The van der Waals surface area contributed by atoms with Gasteiger partial charge in [0.2, 0.25) is 0 Å². The summed E-state index contributed by atoms with van der Waals surface area (Å²) >= 11 is 0. The molecule has 2 fully saturated rings. The van der Waals surface area contributed by atoms with E-state index in [2.05, 4.69) is 27.7 Å². The summed E-state index contributed by atoms with van der Waals surface area (Å²) in [6.07, 6.45) is 3.70. The second kappa shape index (κ2) is 2.78. The van der Waals surface area contributed by atoms with Crippen LogP contribution in [0.5, 0.6) is 0 Å². The molecule has 0 heterocycles. The molecule has 3 unspecified atom stereocenters. The summed E-state index contributed by atoms with van der Waals surface area (Å²) < 4.78 is 5.71. The van der Waals surface area contributed by atoms with Gasteiger partial charge < -0.3 is 4.74 Å². The van der Waals surface area contributed by atoms with Crippen molar-refractivity contribution < 1.29 is 9.53 Å². The van der Waals surface area contributed by atoms with Gasteiger partial charge in [0.1, 0.15) is 5.60 Å². The van der Waals surface area contributed by atoms with Gasteiger partial charge in [-0.15, -0.1) is 0 Å². The lowest BCUT2D eigenvalue weighted by Crippen LogP contribution is -2.54. The molecule has 2 saturated carbocycles. The number of esters is 1. The van der Waals surface area contributed by atoms with Crippen LogP contribution in [-0.2, 0) is 9.53 Å². The summed E-state index contributed by atoms with van der Waals surface area (Å²) in [5, 5.41) is 0. The molecule has 0 aliphatic heterocycles. The van der Waals surface area contributed by atoms with Crippen LogP contribution < -0.4 is 0 Å². The predicted octanol–water partition coefficient (Wildman–Crippen LogP) is 3.15. The molecular weight excluding hydrogens is 188 g/mol. The van der Waals surface area contributed by atoms with E-state index < -0.39 is 0 Å². The van der Waals surface area contributed by atoms with E-state index in [4.69, 9.17) is 4.74 Å². The minimum absolute atomic E-state index is 0.117. The number of fused-ring (bicyclic) bond motifs is 2. The van der Waals surface area contributed by atoms with Crippen molar-refractivity contribution in [3.63, 3.8) is 0 Å². The number of hydrogen-bond acceptors (Lipinski definition) is 2. The van der Waals surface area contributed by atoms with Crippen LogP contribution >= 0.6 is 0 Å². The molecule has 0 radical (unpaired) electrons. The largest absolute Gasteiger partial charge is 0.458 e. The average Bonchev–Trinajstić information content (AvgIpc) is 2.51. The van der Waals surface area contributed by atoms with Gasteiger partial charge in [0, 0.05) is 17.8 Å². The third-order valence-corrected chi connectivity index (χ3v) is 5.49. The Labute approximate surface area is 92.4 Å². The van der Waals surface area contributed by atoms with Gasteiger partial charge in [-0.3, -0.25) is 4.79 Å². The summed E-state index contributed by atoms with van der Waals surface area (Å²) in [7, 11) is 0. The summed E-state index contributed by atoms with van der Waals surface area (Å²) in [6, 6.07) is 0. The zero-order valence-electron chi connectivity index (χ0n) is 10.5. The third-order valence-electron chi connectivity index (χ3n) is 5.49. The van der Waals surface area contributed by atoms with E-state index in [0.717, 1.165) is 0 Å². The Balaban J connectivity index is 2.40. The molecule has 0 aromatic heterocycles. The molecule has 0 saturated heterocycles. The molecule has 2 aliphatic rings. The Morgan fingerprint density at radius 2 is 1.87 bits per heavy atom. The van der Waals surface area contributed by atoms with Crippen molar-refractivity contribution in [2.24, 2.45) is 16.7 Å². The van der Waals surface area contributed by atoms with E-state index in [0.29, 0.717) is 5.92 Å². The van der Waals surface area contributed by atoms with E-state index in [-0.39, 0.29) is 22.4 Å². The molecule has 2 heteroatoms. The van der Waals surface area contributed by atoms with Gasteiger partial charge in [0.15, 0.2) is 0 Å². The molecule has 0 spiro atoms. The zero-order chi connectivity index (χ0) is 11.5. The molecule has 2 aliphatic carbocycles. The van der Waals surface area contributed by atoms with Crippen LogP contribution in [0.3, 0.4) is 0 Å². The van der Waals surface area contributed by atoms with E-state index in [9.17, 15) is 4.79 Å². The second-order valence-electron chi connectivity index (χ2n) is 6.35. The van der Waals surface area contributed by atoms with Crippen molar-refractivity contribution >= 4 is 5.97 Å². The maximum Gasteiger partial charge on any atom is 0.303 e. The molecule has 0 N–H and O–H groups in total. The quantitative estimate of drug-likeness (QED) is 0.621. The summed E-state index contributed by atoms with van der Waals surface area (Å²) in [6.45, 7) is 10.4. The fourth-order valence-corrected chi connectivity index (χ4v) is 4.00. The first kappa shape index (κ1) is 11.0. The van der Waals surface area contributed by atoms with Crippen molar-refractivity contribution in [2.45, 2.75) is 59.5 Å². The molecule has 0 amide bonds. The first-order valence-corrected chi connectivity index (χ1v) is 5.92. The highest BCUT2D eigenvalue weighted by atomic mass is 16.6. The third kappa shape index (κ3) is 1.14. The Morgan fingerprint density at radius 3 is 2.27 bits per heavy atom. The lowest BCUT2D eigenvalue weighted by atomic mass is 9.61. The fraction of sp³-hybridized carbons (Fsp3) is 0.923. The zero-order valence-corrected chi connectivity index (χ0v) is 10.5. The molecule has 0 aromatic rings. The van der Waals surface area contributed by atoms with Gasteiger partial charge in [-0.25, -0.2) is 0 Å². The Kier molecular flexibility index (Phi) is 2.03. The highest BCUT2D eigenvalue weighted by Crippen LogP contribution is 2.69.